The second-order valence-corrected chi connectivity index (χ2v) is 7.07. The summed E-state index contributed by atoms with van der Waals surface area (Å²) in [6, 6.07) is 9.76. The molecule has 2 rings (SSSR count). The second kappa shape index (κ2) is 7.80. The predicted octanol–water partition coefficient (Wildman–Crippen LogP) is 2.85. The van der Waals surface area contributed by atoms with E-state index < -0.39 is 5.92 Å². The fraction of sp³-hybridized carbons (Fsp3) is 0.500. The molecule has 0 heterocycles. The van der Waals surface area contributed by atoms with Gasteiger partial charge in [0, 0.05) is 11.3 Å². The van der Waals surface area contributed by atoms with Gasteiger partial charge in [-0.15, -0.1) is 0 Å². The zero-order valence-corrected chi connectivity index (χ0v) is 13.9. The van der Waals surface area contributed by atoms with E-state index in [-0.39, 0.29) is 16.9 Å². The maximum Gasteiger partial charge on any atom is 0.234 e. The SMILES string of the molecule is CSC1CCC(NC(=O)C(C(N)=S)c2ccccc2)CC1. The van der Waals surface area contributed by atoms with Gasteiger partial charge in [-0.25, -0.2) is 0 Å². The van der Waals surface area contributed by atoms with Crippen LogP contribution in [0.1, 0.15) is 37.2 Å². The number of thiocarbonyl (C=S) groups is 1. The largest absolute Gasteiger partial charge is 0.392 e. The van der Waals surface area contributed by atoms with Crippen molar-refractivity contribution < 1.29 is 4.79 Å². The van der Waals surface area contributed by atoms with E-state index >= 15 is 0 Å². The first-order chi connectivity index (χ1) is 10.1. The van der Waals surface area contributed by atoms with E-state index in [0.29, 0.717) is 0 Å². The third-order valence-electron chi connectivity index (χ3n) is 4.03. The second-order valence-electron chi connectivity index (χ2n) is 5.46. The van der Waals surface area contributed by atoms with Gasteiger partial charge < -0.3 is 11.1 Å². The van der Waals surface area contributed by atoms with Crippen LogP contribution in [0.15, 0.2) is 30.3 Å². The Balaban J connectivity index is 1.99. The molecule has 1 aromatic carbocycles. The number of amides is 1. The predicted molar refractivity (Wildman–Crippen MR) is 93.7 cm³/mol. The summed E-state index contributed by atoms with van der Waals surface area (Å²) < 4.78 is 0. The van der Waals surface area contributed by atoms with Crippen LogP contribution in [0.25, 0.3) is 0 Å². The highest BCUT2D eigenvalue weighted by molar-refractivity contribution is 7.99. The molecule has 1 aromatic rings. The Hall–Kier alpha value is -1.07. The minimum Gasteiger partial charge on any atom is -0.392 e. The van der Waals surface area contributed by atoms with Crippen molar-refractivity contribution in [3.05, 3.63) is 35.9 Å². The standard InChI is InChI=1S/C16H22N2OS2/c1-21-13-9-7-12(8-10-13)18-16(19)14(15(17)20)11-5-3-2-4-6-11/h2-6,12-14H,7-10H2,1H3,(H2,17,20)(H,18,19). The van der Waals surface area contributed by atoms with Crippen LogP contribution in [0.5, 0.6) is 0 Å². The minimum atomic E-state index is -0.528. The number of rotatable bonds is 5. The van der Waals surface area contributed by atoms with Gasteiger partial charge in [-0.3, -0.25) is 4.79 Å². The number of carbonyl (C=O) groups excluding carboxylic acids is 1. The Morgan fingerprint density at radius 3 is 2.43 bits per heavy atom. The number of hydrogen-bond donors (Lipinski definition) is 2. The highest BCUT2D eigenvalue weighted by Gasteiger charge is 2.27. The normalized spacial score (nSPS) is 23.3. The Morgan fingerprint density at radius 1 is 1.29 bits per heavy atom. The number of nitrogens with two attached hydrogens (primary N) is 1. The van der Waals surface area contributed by atoms with Crippen LogP contribution in [0.4, 0.5) is 0 Å². The van der Waals surface area contributed by atoms with Gasteiger partial charge in [-0.1, -0.05) is 42.5 Å². The molecule has 3 N–H and O–H groups in total. The maximum absolute atomic E-state index is 12.5. The van der Waals surface area contributed by atoms with Crippen LogP contribution in [0.2, 0.25) is 0 Å². The van der Waals surface area contributed by atoms with Crippen LogP contribution >= 0.6 is 24.0 Å². The Bertz CT molecular complexity index is 484. The lowest BCUT2D eigenvalue weighted by Crippen LogP contribution is -2.43. The highest BCUT2D eigenvalue weighted by Crippen LogP contribution is 2.27. The first-order valence-corrected chi connectivity index (χ1v) is 8.99. The van der Waals surface area contributed by atoms with Crippen molar-refractivity contribution in [1.82, 2.24) is 5.32 Å². The number of carbonyl (C=O) groups is 1. The fourth-order valence-corrected chi connectivity index (χ4v) is 3.80. The monoisotopic (exact) mass is 322 g/mol. The van der Waals surface area contributed by atoms with E-state index in [0.717, 1.165) is 36.5 Å². The summed E-state index contributed by atoms with van der Waals surface area (Å²) in [5, 5.41) is 3.86. The van der Waals surface area contributed by atoms with E-state index in [1.54, 1.807) is 0 Å². The highest BCUT2D eigenvalue weighted by atomic mass is 32.2. The molecule has 0 bridgehead atoms. The fourth-order valence-electron chi connectivity index (χ4n) is 2.82. The van der Waals surface area contributed by atoms with Crippen LogP contribution in [0, 0.1) is 0 Å². The summed E-state index contributed by atoms with van der Waals surface area (Å²) in [6.45, 7) is 0. The molecule has 0 aliphatic heterocycles. The minimum absolute atomic E-state index is 0.0682. The average molecular weight is 322 g/mol. The van der Waals surface area contributed by atoms with Crippen LogP contribution in [-0.4, -0.2) is 28.4 Å². The topological polar surface area (TPSA) is 55.1 Å². The van der Waals surface area contributed by atoms with E-state index in [1.165, 1.54) is 0 Å². The molecule has 1 aliphatic rings. The maximum atomic E-state index is 12.5. The summed E-state index contributed by atoms with van der Waals surface area (Å²) in [5.41, 5.74) is 6.65. The Labute approximate surface area is 136 Å². The van der Waals surface area contributed by atoms with E-state index in [9.17, 15) is 4.79 Å². The summed E-state index contributed by atoms with van der Waals surface area (Å²) in [5.74, 6) is -0.597. The number of thioether (sulfide) groups is 1. The molecule has 1 amide bonds. The van der Waals surface area contributed by atoms with Gasteiger partial charge in [0.05, 0.1) is 4.99 Å². The molecule has 21 heavy (non-hydrogen) atoms. The molecule has 3 nitrogen and oxygen atoms in total. The lowest BCUT2D eigenvalue weighted by atomic mass is 9.93. The van der Waals surface area contributed by atoms with Crippen LogP contribution < -0.4 is 11.1 Å². The molecule has 114 valence electrons. The van der Waals surface area contributed by atoms with E-state index in [2.05, 4.69) is 11.6 Å². The average Bonchev–Trinajstić information content (AvgIpc) is 2.49. The summed E-state index contributed by atoms with van der Waals surface area (Å²) >= 11 is 7.02. The molecule has 0 radical (unpaired) electrons. The molecule has 1 fully saturated rings. The molecule has 0 aromatic heterocycles. The smallest absolute Gasteiger partial charge is 0.234 e. The molecule has 1 saturated carbocycles. The van der Waals surface area contributed by atoms with Crippen LogP contribution in [0.3, 0.4) is 0 Å². The third kappa shape index (κ3) is 4.45. The van der Waals surface area contributed by atoms with E-state index in [4.69, 9.17) is 18.0 Å². The van der Waals surface area contributed by atoms with Gasteiger partial charge in [-0.05, 0) is 37.5 Å². The van der Waals surface area contributed by atoms with Crippen molar-refractivity contribution in [3.8, 4) is 0 Å². The van der Waals surface area contributed by atoms with Gasteiger partial charge in [-0.2, -0.15) is 11.8 Å². The van der Waals surface area contributed by atoms with Gasteiger partial charge in [0.2, 0.25) is 5.91 Å². The van der Waals surface area contributed by atoms with E-state index in [1.807, 2.05) is 42.1 Å². The summed E-state index contributed by atoms with van der Waals surface area (Å²) in [7, 11) is 0. The Morgan fingerprint density at radius 2 is 1.90 bits per heavy atom. The molecule has 1 unspecified atom stereocenters. The zero-order chi connectivity index (χ0) is 15.2. The Kier molecular flexibility index (Phi) is 6.06. The van der Waals surface area contributed by atoms with Crippen molar-refractivity contribution in [2.45, 2.75) is 42.9 Å². The molecular weight excluding hydrogens is 300 g/mol. The van der Waals surface area contributed by atoms with Gasteiger partial charge in [0.15, 0.2) is 0 Å². The van der Waals surface area contributed by atoms with Gasteiger partial charge in [0.25, 0.3) is 0 Å². The van der Waals surface area contributed by atoms with Crippen molar-refractivity contribution in [2.75, 3.05) is 6.26 Å². The number of hydrogen-bond acceptors (Lipinski definition) is 3. The lowest BCUT2D eigenvalue weighted by Gasteiger charge is -2.29. The molecule has 5 heteroatoms. The van der Waals surface area contributed by atoms with Crippen LogP contribution in [-0.2, 0) is 4.79 Å². The quantitative estimate of drug-likeness (QED) is 0.819. The van der Waals surface area contributed by atoms with Crippen molar-refractivity contribution in [1.29, 1.82) is 0 Å². The number of benzene rings is 1. The van der Waals surface area contributed by atoms with Gasteiger partial charge >= 0.3 is 0 Å². The molecule has 0 spiro atoms. The molecular formula is C16H22N2OS2. The van der Waals surface area contributed by atoms with Crippen molar-refractivity contribution >= 4 is 34.9 Å². The first kappa shape index (κ1) is 16.3. The third-order valence-corrected chi connectivity index (χ3v) is 5.41. The molecule has 1 aliphatic carbocycles. The zero-order valence-electron chi connectivity index (χ0n) is 12.2. The van der Waals surface area contributed by atoms with Gasteiger partial charge in [0.1, 0.15) is 5.92 Å². The first-order valence-electron chi connectivity index (χ1n) is 7.29. The lowest BCUT2D eigenvalue weighted by molar-refractivity contribution is -0.122. The molecule has 1 atom stereocenters. The van der Waals surface area contributed by atoms with Crippen molar-refractivity contribution in [2.24, 2.45) is 5.73 Å². The summed E-state index contributed by atoms with van der Waals surface area (Å²) in [4.78, 5) is 12.8. The summed E-state index contributed by atoms with van der Waals surface area (Å²) in [6.07, 6.45) is 6.55. The number of nitrogens with one attached hydrogen (secondary N) is 1. The molecule has 0 saturated heterocycles. The van der Waals surface area contributed by atoms with Crippen molar-refractivity contribution in [3.63, 3.8) is 0 Å².